The Morgan fingerprint density at radius 1 is 1.04 bits per heavy atom. The van der Waals surface area contributed by atoms with Gasteiger partial charge >= 0.3 is 0 Å². The number of anilines is 3. The van der Waals surface area contributed by atoms with Gasteiger partial charge in [0.15, 0.2) is 17.0 Å². The quantitative estimate of drug-likeness (QED) is 0.701. The third-order valence-electron chi connectivity index (χ3n) is 3.97. The van der Waals surface area contributed by atoms with Crippen LogP contribution in [0.2, 0.25) is 0 Å². The van der Waals surface area contributed by atoms with E-state index in [0.717, 1.165) is 24.2 Å². The van der Waals surface area contributed by atoms with E-state index in [-0.39, 0.29) is 0 Å². The maximum absolute atomic E-state index is 4.62. The van der Waals surface area contributed by atoms with Gasteiger partial charge in [0, 0.05) is 24.6 Å². The van der Waals surface area contributed by atoms with Gasteiger partial charge in [-0.2, -0.15) is 9.97 Å². The van der Waals surface area contributed by atoms with Crippen molar-refractivity contribution in [2.24, 2.45) is 5.92 Å². The molecule has 0 unspecified atom stereocenters. The summed E-state index contributed by atoms with van der Waals surface area (Å²) in [6.45, 7) is 9.38. The fraction of sp³-hybridized carbons (Fsp3) is 0.368. The van der Waals surface area contributed by atoms with E-state index in [1.54, 1.807) is 12.4 Å². The minimum Gasteiger partial charge on any atom is -0.354 e. The van der Waals surface area contributed by atoms with Crippen molar-refractivity contribution in [1.29, 1.82) is 0 Å². The number of nitrogens with zero attached hydrogens (tertiary/aromatic N) is 4. The van der Waals surface area contributed by atoms with E-state index in [2.05, 4.69) is 76.5 Å². The van der Waals surface area contributed by atoms with E-state index in [4.69, 9.17) is 0 Å². The molecule has 0 amide bonds. The van der Waals surface area contributed by atoms with Crippen molar-refractivity contribution in [3.63, 3.8) is 0 Å². The molecule has 3 rings (SSSR count). The van der Waals surface area contributed by atoms with Gasteiger partial charge in [0.25, 0.3) is 0 Å². The minimum atomic E-state index is 0.570. The van der Waals surface area contributed by atoms with Crippen molar-refractivity contribution in [3.8, 4) is 0 Å². The van der Waals surface area contributed by atoms with Crippen molar-refractivity contribution in [2.75, 3.05) is 17.2 Å². The molecule has 6 heteroatoms. The van der Waals surface area contributed by atoms with Gasteiger partial charge in [-0.25, -0.2) is 9.97 Å². The molecule has 0 aliphatic carbocycles. The van der Waals surface area contributed by atoms with Crippen LogP contribution in [0.3, 0.4) is 0 Å². The van der Waals surface area contributed by atoms with Crippen LogP contribution in [0, 0.1) is 19.8 Å². The lowest BCUT2D eigenvalue weighted by molar-refractivity contribution is 0.606. The van der Waals surface area contributed by atoms with Gasteiger partial charge in [0.1, 0.15) is 0 Å². The van der Waals surface area contributed by atoms with Crippen LogP contribution in [-0.2, 0) is 0 Å². The lowest BCUT2D eigenvalue weighted by Gasteiger charge is -2.13. The van der Waals surface area contributed by atoms with Gasteiger partial charge in [-0.15, -0.1) is 0 Å². The smallest absolute Gasteiger partial charge is 0.226 e. The highest BCUT2D eigenvalue weighted by molar-refractivity contribution is 5.86. The van der Waals surface area contributed by atoms with Crippen molar-refractivity contribution in [2.45, 2.75) is 34.1 Å². The van der Waals surface area contributed by atoms with Gasteiger partial charge in [-0.3, -0.25) is 0 Å². The highest BCUT2D eigenvalue weighted by Crippen LogP contribution is 2.25. The van der Waals surface area contributed by atoms with Crippen molar-refractivity contribution in [1.82, 2.24) is 19.9 Å². The molecule has 0 atom stereocenters. The molecule has 6 nitrogen and oxygen atoms in total. The molecular formula is C19H24N6. The Morgan fingerprint density at radius 3 is 2.60 bits per heavy atom. The lowest BCUT2D eigenvalue weighted by Crippen LogP contribution is -2.10. The summed E-state index contributed by atoms with van der Waals surface area (Å²) in [7, 11) is 0. The molecule has 0 radical (unpaired) electrons. The Morgan fingerprint density at radius 2 is 1.84 bits per heavy atom. The number of aromatic nitrogens is 4. The molecule has 2 heterocycles. The first-order chi connectivity index (χ1) is 12.0. The molecule has 25 heavy (non-hydrogen) atoms. The first-order valence-electron chi connectivity index (χ1n) is 8.60. The molecule has 1 aromatic carbocycles. The molecule has 2 N–H and O–H groups in total. The molecule has 130 valence electrons. The number of aryl methyl sites for hydroxylation is 2. The second kappa shape index (κ2) is 7.42. The molecule has 0 saturated carbocycles. The second-order valence-corrected chi connectivity index (χ2v) is 6.68. The van der Waals surface area contributed by atoms with E-state index in [1.807, 2.05) is 0 Å². The number of hydrogen-bond acceptors (Lipinski definition) is 6. The minimum absolute atomic E-state index is 0.570. The lowest BCUT2D eigenvalue weighted by atomic mass is 10.1. The number of nitrogens with one attached hydrogen (secondary N) is 2. The summed E-state index contributed by atoms with van der Waals surface area (Å²) in [5.41, 5.74) is 4.63. The molecule has 0 bridgehead atoms. The first-order valence-corrected chi connectivity index (χ1v) is 8.60. The van der Waals surface area contributed by atoms with Gasteiger partial charge in [-0.05, 0) is 37.8 Å². The van der Waals surface area contributed by atoms with Crippen molar-refractivity contribution >= 4 is 28.6 Å². The summed E-state index contributed by atoms with van der Waals surface area (Å²) in [6, 6.07) is 6.27. The van der Waals surface area contributed by atoms with Crippen LogP contribution in [0.15, 0.2) is 30.6 Å². The number of benzene rings is 1. The summed E-state index contributed by atoms with van der Waals surface area (Å²) in [5, 5.41) is 6.68. The van der Waals surface area contributed by atoms with Crippen molar-refractivity contribution in [3.05, 3.63) is 41.7 Å². The maximum Gasteiger partial charge on any atom is 0.226 e. The first kappa shape index (κ1) is 17.1. The predicted molar refractivity (Wildman–Crippen MR) is 102 cm³/mol. The average Bonchev–Trinajstić information content (AvgIpc) is 2.57. The molecule has 0 aliphatic heterocycles. The Balaban J connectivity index is 1.94. The number of rotatable bonds is 6. The van der Waals surface area contributed by atoms with E-state index in [9.17, 15) is 0 Å². The third-order valence-corrected chi connectivity index (χ3v) is 3.97. The van der Waals surface area contributed by atoms with Crippen LogP contribution in [-0.4, -0.2) is 26.5 Å². The largest absolute Gasteiger partial charge is 0.354 e. The molecule has 0 spiro atoms. The fourth-order valence-electron chi connectivity index (χ4n) is 2.58. The van der Waals surface area contributed by atoms with E-state index in [1.165, 1.54) is 5.56 Å². The predicted octanol–water partition coefficient (Wildman–Crippen LogP) is 4.24. The van der Waals surface area contributed by atoms with Crippen LogP contribution in [0.5, 0.6) is 0 Å². The van der Waals surface area contributed by atoms with E-state index >= 15 is 0 Å². The fourth-order valence-corrected chi connectivity index (χ4v) is 2.58. The summed E-state index contributed by atoms with van der Waals surface area (Å²) in [4.78, 5) is 17.8. The highest BCUT2D eigenvalue weighted by atomic mass is 15.2. The van der Waals surface area contributed by atoms with Gasteiger partial charge in [-0.1, -0.05) is 31.5 Å². The monoisotopic (exact) mass is 336 g/mol. The molecule has 0 saturated heterocycles. The molecular weight excluding hydrogens is 312 g/mol. The zero-order chi connectivity index (χ0) is 17.8. The average molecular weight is 336 g/mol. The molecule has 0 aliphatic rings. The summed E-state index contributed by atoms with van der Waals surface area (Å²) >= 11 is 0. The Hall–Kier alpha value is -2.76. The number of hydrogen-bond donors (Lipinski definition) is 2. The van der Waals surface area contributed by atoms with E-state index < -0.39 is 0 Å². The van der Waals surface area contributed by atoms with Crippen LogP contribution in [0.4, 0.5) is 17.5 Å². The SMILES string of the molecule is Cc1ccc(Nc2nc(NCCC(C)C)nc3nccnc23)c(C)c1. The van der Waals surface area contributed by atoms with Crippen LogP contribution >= 0.6 is 0 Å². The van der Waals surface area contributed by atoms with Crippen LogP contribution in [0.1, 0.15) is 31.4 Å². The van der Waals surface area contributed by atoms with Crippen LogP contribution in [0.25, 0.3) is 11.2 Å². The number of fused-ring (bicyclic) bond motifs is 1. The topological polar surface area (TPSA) is 75.6 Å². The van der Waals surface area contributed by atoms with Gasteiger partial charge < -0.3 is 10.6 Å². The molecule has 0 fully saturated rings. The molecule has 2 aromatic heterocycles. The van der Waals surface area contributed by atoms with E-state index in [0.29, 0.717) is 28.8 Å². The second-order valence-electron chi connectivity index (χ2n) is 6.68. The van der Waals surface area contributed by atoms with Crippen LogP contribution < -0.4 is 10.6 Å². The zero-order valence-corrected chi connectivity index (χ0v) is 15.2. The summed E-state index contributed by atoms with van der Waals surface area (Å²) < 4.78 is 0. The maximum atomic E-state index is 4.62. The van der Waals surface area contributed by atoms with Gasteiger partial charge in [0.2, 0.25) is 5.95 Å². The van der Waals surface area contributed by atoms with Crippen molar-refractivity contribution < 1.29 is 0 Å². The Bertz CT molecular complexity index is 875. The summed E-state index contributed by atoms with van der Waals surface area (Å²) in [5.74, 6) is 1.86. The standard InChI is InChI=1S/C19H24N6/c1-12(2)7-8-22-19-24-17-16(20-9-10-21-17)18(25-19)23-15-6-5-13(3)11-14(15)4/h5-6,9-12H,7-8H2,1-4H3,(H2,21,22,23,24,25). The zero-order valence-electron chi connectivity index (χ0n) is 15.2. The molecule has 3 aromatic rings. The third kappa shape index (κ3) is 4.21. The van der Waals surface area contributed by atoms with Gasteiger partial charge in [0.05, 0.1) is 0 Å². The Kier molecular flexibility index (Phi) is 5.07. The Labute approximate surface area is 148 Å². The normalized spacial score (nSPS) is 11.1. The summed E-state index contributed by atoms with van der Waals surface area (Å²) in [6.07, 6.45) is 4.36. The highest BCUT2D eigenvalue weighted by Gasteiger charge is 2.11.